The molecular formula is C29H42N2O6. The molecule has 2 aliphatic heterocycles. The van der Waals surface area contributed by atoms with Gasteiger partial charge in [0.05, 0.1) is 46.8 Å². The van der Waals surface area contributed by atoms with E-state index in [4.69, 9.17) is 9.47 Å². The maximum atomic E-state index is 13.3. The van der Waals surface area contributed by atoms with Crippen molar-refractivity contribution in [1.82, 2.24) is 9.55 Å². The molecule has 0 saturated carbocycles. The highest BCUT2D eigenvalue weighted by molar-refractivity contribution is 5.88. The van der Waals surface area contributed by atoms with E-state index in [0.29, 0.717) is 6.42 Å². The molecule has 2 aromatic rings. The lowest BCUT2D eigenvalue weighted by molar-refractivity contribution is -0.156. The third-order valence-electron chi connectivity index (χ3n) is 8.91. The number of ketones is 1. The Kier molecular flexibility index (Phi) is 7.58. The number of esters is 1. The largest absolute Gasteiger partial charge is 0.457 e. The molecule has 2 aliphatic rings. The van der Waals surface area contributed by atoms with Crippen LogP contribution in [0.1, 0.15) is 84.2 Å². The van der Waals surface area contributed by atoms with Crippen LogP contribution >= 0.6 is 0 Å². The van der Waals surface area contributed by atoms with Gasteiger partial charge in [-0.3, -0.25) is 9.59 Å². The number of imidazole rings is 1. The summed E-state index contributed by atoms with van der Waals surface area (Å²) in [5.74, 6) is -0.683. The number of aliphatic hydroxyl groups is 2. The molecule has 37 heavy (non-hydrogen) atoms. The summed E-state index contributed by atoms with van der Waals surface area (Å²) in [6, 6.07) is 5.89. The summed E-state index contributed by atoms with van der Waals surface area (Å²) in [5.41, 5.74) is 1.12. The predicted octanol–water partition coefficient (Wildman–Crippen LogP) is 4.18. The van der Waals surface area contributed by atoms with Gasteiger partial charge in [-0.2, -0.15) is 0 Å². The SMILES string of the molecule is Cc1nc2cc([C@@H]3C[C@@H]4O[C@]4(C)CCC[C@H](C)[C@H](O)[C@@H](C)C(=O)C(C)(C)[C@@H](O)CC(=O)O3)ccc2n1C. The van der Waals surface area contributed by atoms with Crippen molar-refractivity contribution in [2.75, 3.05) is 0 Å². The molecule has 2 N–H and O–H groups in total. The lowest BCUT2D eigenvalue weighted by Gasteiger charge is -2.34. The van der Waals surface area contributed by atoms with Gasteiger partial charge in [-0.15, -0.1) is 0 Å². The minimum Gasteiger partial charge on any atom is -0.457 e. The van der Waals surface area contributed by atoms with Gasteiger partial charge < -0.3 is 24.3 Å². The van der Waals surface area contributed by atoms with Crippen LogP contribution in [0.4, 0.5) is 0 Å². The molecule has 3 heterocycles. The van der Waals surface area contributed by atoms with Gasteiger partial charge in [-0.05, 0) is 50.3 Å². The number of ether oxygens (including phenoxy) is 2. The Hall–Kier alpha value is -2.29. The molecule has 0 radical (unpaired) electrons. The third-order valence-corrected chi connectivity index (χ3v) is 8.91. The lowest BCUT2D eigenvalue weighted by atomic mass is 9.73. The Labute approximate surface area is 219 Å². The quantitative estimate of drug-likeness (QED) is 0.433. The Bertz CT molecular complexity index is 1170. The normalized spacial score (nSPS) is 35.7. The molecule has 2 saturated heterocycles. The summed E-state index contributed by atoms with van der Waals surface area (Å²) < 4.78 is 14.1. The summed E-state index contributed by atoms with van der Waals surface area (Å²) in [4.78, 5) is 31.0. The smallest absolute Gasteiger partial charge is 0.309 e. The molecule has 204 valence electrons. The molecule has 0 bridgehead atoms. The first-order chi connectivity index (χ1) is 17.2. The Morgan fingerprint density at radius 1 is 1.14 bits per heavy atom. The molecule has 0 amide bonds. The van der Waals surface area contributed by atoms with Gasteiger partial charge in [0.1, 0.15) is 17.7 Å². The van der Waals surface area contributed by atoms with E-state index < -0.39 is 35.6 Å². The van der Waals surface area contributed by atoms with Gasteiger partial charge in [0.2, 0.25) is 0 Å². The highest BCUT2D eigenvalue weighted by Crippen LogP contribution is 2.46. The standard InChI is InChI=1S/C29H42N2O6/c1-16-9-8-12-29(6)24(37-29)14-22(19-10-11-21-20(13-19)30-18(3)31(21)7)36-25(33)15-23(32)28(4,5)27(35)17(2)26(16)34/h10-11,13,16-17,22-24,26,32,34H,8-9,12,14-15H2,1-7H3/t16-,17+,22-,23-,24-,26-,29+/m0/s1. The second kappa shape index (κ2) is 10.1. The third kappa shape index (κ3) is 5.47. The summed E-state index contributed by atoms with van der Waals surface area (Å²) in [7, 11) is 1.96. The van der Waals surface area contributed by atoms with E-state index in [9.17, 15) is 19.8 Å². The van der Waals surface area contributed by atoms with E-state index in [1.54, 1.807) is 20.8 Å². The fourth-order valence-corrected chi connectivity index (χ4v) is 5.76. The molecule has 4 rings (SSSR count). The Morgan fingerprint density at radius 3 is 2.54 bits per heavy atom. The topological polar surface area (TPSA) is 114 Å². The average molecular weight is 515 g/mol. The van der Waals surface area contributed by atoms with Crippen LogP contribution in [-0.4, -0.2) is 55.4 Å². The predicted molar refractivity (Wildman–Crippen MR) is 140 cm³/mol. The van der Waals surface area contributed by atoms with Gasteiger partial charge >= 0.3 is 5.97 Å². The van der Waals surface area contributed by atoms with Crippen molar-refractivity contribution in [3.63, 3.8) is 0 Å². The van der Waals surface area contributed by atoms with Crippen LogP contribution in [0.25, 0.3) is 11.0 Å². The minimum atomic E-state index is -1.24. The zero-order valence-corrected chi connectivity index (χ0v) is 23.2. The second-order valence-corrected chi connectivity index (χ2v) is 12.1. The first kappa shape index (κ1) is 27.7. The minimum absolute atomic E-state index is 0.0681. The van der Waals surface area contributed by atoms with Gasteiger partial charge in [0, 0.05) is 19.4 Å². The van der Waals surface area contributed by atoms with Crippen molar-refractivity contribution in [2.24, 2.45) is 24.3 Å². The zero-order chi connectivity index (χ0) is 27.3. The lowest BCUT2D eigenvalue weighted by Crippen LogP contribution is -2.45. The van der Waals surface area contributed by atoms with Crippen LogP contribution in [0.2, 0.25) is 0 Å². The van der Waals surface area contributed by atoms with Crippen LogP contribution in [0.15, 0.2) is 18.2 Å². The summed E-state index contributed by atoms with van der Waals surface area (Å²) in [5, 5.41) is 21.8. The maximum Gasteiger partial charge on any atom is 0.309 e. The summed E-state index contributed by atoms with van der Waals surface area (Å²) in [6.07, 6.45) is -0.0873. The number of Topliss-reactive ketones (excluding diaryl/α,β-unsaturated/α-hetero) is 1. The maximum absolute atomic E-state index is 13.3. The molecule has 8 nitrogen and oxygen atoms in total. The van der Waals surface area contributed by atoms with E-state index in [2.05, 4.69) is 11.9 Å². The van der Waals surface area contributed by atoms with Gasteiger partial charge in [0.15, 0.2) is 0 Å². The Balaban J connectivity index is 1.63. The number of benzene rings is 1. The van der Waals surface area contributed by atoms with Crippen LogP contribution in [0.3, 0.4) is 0 Å². The van der Waals surface area contributed by atoms with Crippen molar-refractivity contribution in [1.29, 1.82) is 0 Å². The summed E-state index contributed by atoms with van der Waals surface area (Å²) in [6.45, 7) is 10.9. The number of aryl methyl sites for hydroxylation is 2. The molecule has 7 atom stereocenters. The number of carbonyl (C=O) groups excluding carboxylic acids is 2. The molecular weight excluding hydrogens is 472 g/mol. The number of rotatable bonds is 1. The molecule has 1 aromatic heterocycles. The van der Waals surface area contributed by atoms with Gasteiger partial charge in [-0.25, -0.2) is 4.98 Å². The first-order valence-corrected chi connectivity index (χ1v) is 13.5. The summed E-state index contributed by atoms with van der Waals surface area (Å²) >= 11 is 0. The molecule has 0 unspecified atom stereocenters. The number of nitrogens with zero attached hydrogens (tertiary/aromatic N) is 2. The number of aliphatic hydroxyl groups excluding tert-OH is 2. The van der Waals surface area contributed by atoms with E-state index in [0.717, 1.165) is 41.7 Å². The zero-order valence-electron chi connectivity index (χ0n) is 23.2. The van der Waals surface area contributed by atoms with E-state index in [1.807, 2.05) is 43.7 Å². The molecule has 0 spiro atoms. The number of cyclic esters (lactones) is 1. The fourth-order valence-electron chi connectivity index (χ4n) is 5.76. The van der Waals surface area contributed by atoms with Crippen molar-refractivity contribution in [2.45, 2.75) is 104 Å². The monoisotopic (exact) mass is 514 g/mol. The molecule has 8 heteroatoms. The number of carbonyl (C=O) groups is 2. The average Bonchev–Trinajstić information content (AvgIpc) is 3.38. The van der Waals surface area contributed by atoms with Gasteiger partial charge in [0.25, 0.3) is 0 Å². The Morgan fingerprint density at radius 2 is 1.84 bits per heavy atom. The molecule has 1 aromatic carbocycles. The number of epoxide rings is 1. The van der Waals surface area contributed by atoms with Crippen LogP contribution in [0, 0.1) is 24.2 Å². The van der Waals surface area contributed by atoms with E-state index >= 15 is 0 Å². The van der Waals surface area contributed by atoms with Crippen molar-refractivity contribution in [3.05, 3.63) is 29.6 Å². The molecule has 0 aliphatic carbocycles. The van der Waals surface area contributed by atoms with Crippen LogP contribution in [0.5, 0.6) is 0 Å². The highest BCUT2D eigenvalue weighted by atomic mass is 16.6. The number of hydrogen-bond donors (Lipinski definition) is 2. The van der Waals surface area contributed by atoms with Crippen molar-refractivity contribution < 1.29 is 29.3 Å². The highest BCUT2D eigenvalue weighted by Gasteiger charge is 2.53. The number of aromatic nitrogens is 2. The van der Waals surface area contributed by atoms with Crippen LogP contribution < -0.4 is 0 Å². The van der Waals surface area contributed by atoms with Crippen molar-refractivity contribution in [3.8, 4) is 0 Å². The van der Waals surface area contributed by atoms with E-state index in [-0.39, 0.29) is 29.8 Å². The molecule has 2 fully saturated rings. The van der Waals surface area contributed by atoms with E-state index in [1.165, 1.54) is 0 Å². The van der Waals surface area contributed by atoms with Crippen molar-refractivity contribution >= 4 is 22.8 Å². The number of fused-ring (bicyclic) bond motifs is 2. The second-order valence-electron chi connectivity index (χ2n) is 12.1. The first-order valence-electron chi connectivity index (χ1n) is 13.5. The van der Waals surface area contributed by atoms with Gasteiger partial charge in [-0.1, -0.05) is 40.2 Å². The fraction of sp³-hybridized carbons (Fsp3) is 0.690. The number of hydrogen-bond acceptors (Lipinski definition) is 7. The van der Waals surface area contributed by atoms with Crippen LogP contribution in [-0.2, 0) is 26.1 Å².